The molecule has 0 bridgehead atoms. The molecule has 1 fully saturated rings. The van der Waals surface area contributed by atoms with Gasteiger partial charge in [-0.25, -0.2) is 0 Å². The van der Waals surface area contributed by atoms with Crippen molar-refractivity contribution in [3.8, 4) is 11.5 Å². The number of nitrogens with zero attached hydrogens (tertiary/aromatic N) is 1. The summed E-state index contributed by atoms with van der Waals surface area (Å²) in [5, 5.41) is 2.84. The van der Waals surface area contributed by atoms with Gasteiger partial charge in [0.15, 0.2) is 6.61 Å². The minimum atomic E-state index is -0.635. The van der Waals surface area contributed by atoms with Crippen LogP contribution >= 0.6 is 0 Å². The molecule has 2 aromatic carbocycles. The predicted molar refractivity (Wildman–Crippen MR) is 132 cm³/mol. The smallest absolute Gasteiger partial charge is 0.311 e. The third kappa shape index (κ3) is 6.53. The van der Waals surface area contributed by atoms with Gasteiger partial charge in [0.25, 0.3) is 5.91 Å². The number of hydrogen-bond donors (Lipinski definition) is 1. The Balaban J connectivity index is 1.87. The standard InChI is InChI=1S/C27H34N2O6/c1-5-6-18(2)28-24(30)17-35-27(32)23-15-16-25(31)29(20-9-13-22(34-4)14-10-20)26(23)19-7-11-21(33-3)12-8-19/h7-14,18,23,26H,5-6,15-17H2,1-4H3,(H,28,30)/t18-,23+,26-/m0/s1. The highest BCUT2D eigenvalue weighted by Gasteiger charge is 2.42. The molecule has 0 spiro atoms. The number of nitrogens with one attached hydrogen (secondary N) is 1. The number of rotatable bonds is 10. The fourth-order valence-corrected chi connectivity index (χ4v) is 4.43. The number of methoxy groups -OCH3 is 2. The maximum atomic E-state index is 13.2. The summed E-state index contributed by atoms with van der Waals surface area (Å²) >= 11 is 0. The van der Waals surface area contributed by atoms with Gasteiger partial charge in [0.05, 0.1) is 26.2 Å². The quantitative estimate of drug-likeness (QED) is 0.514. The van der Waals surface area contributed by atoms with Gasteiger partial charge < -0.3 is 24.4 Å². The van der Waals surface area contributed by atoms with Crippen LogP contribution in [-0.4, -0.2) is 44.7 Å². The van der Waals surface area contributed by atoms with Crippen LogP contribution < -0.4 is 19.7 Å². The predicted octanol–water partition coefficient (Wildman–Crippen LogP) is 4.04. The minimum Gasteiger partial charge on any atom is -0.497 e. The van der Waals surface area contributed by atoms with Crippen LogP contribution in [0.5, 0.6) is 11.5 Å². The molecule has 35 heavy (non-hydrogen) atoms. The third-order valence-corrected chi connectivity index (χ3v) is 6.18. The van der Waals surface area contributed by atoms with Crippen molar-refractivity contribution in [1.29, 1.82) is 0 Å². The van der Waals surface area contributed by atoms with Gasteiger partial charge in [-0.2, -0.15) is 0 Å². The molecule has 1 N–H and O–H groups in total. The maximum Gasteiger partial charge on any atom is 0.311 e. The molecule has 1 aliphatic rings. The summed E-state index contributed by atoms with van der Waals surface area (Å²) in [5.74, 6) is -0.230. The molecular formula is C27H34N2O6. The van der Waals surface area contributed by atoms with Crippen LogP contribution in [0.15, 0.2) is 48.5 Å². The van der Waals surface area contributed by atoms with Crippen LogP contribution in [-0.2, 0) is 19.1 Å². The van der Waals surface area contributed by atoms with Crippen LogP contribution in [0.3, 0.4) is 0 Å². The Morgan fingerprint density at radius 3 is 2.20 bits per heavy atom. The molecule has 188 valence electrons. The van der Waals surface area contributed by atoms with E-state index in [4.69, 9.17) is 14.2 Å². The molecule has 0 radical (unpaired) electrons. The molecular weight excluding hydrogens is 448 g/mol. The highest BCUT2D eigenvalue weighted by molar-refractivity contribution is 5.97. The molecule has 8 heteroatoms. The lowest BCUT2D eigenvalue weighted by atomic mass is 9.83. The Bertz CT molecular complexity index is 1010. The van der Waals surface area contributed by atoms with E-state index in [9.17, 15) is 14.4 Å². The monoisotopic (exact) mass is 482 g/mol. The number of ether oxygens (including phenoxy) is 3. The molecule has 0 unspecified atom stereocenters. The summed E-state index contributed by atoms with van der Waals surface area (Å²) in [6.07, 6.45) is 2.32. The average Bonchev–Trinajstić information content (AvgIpc) is 2.87. The summed E-state index contributed by atoms with van der Waals surface area (Å²) < 4.78 is 16.0. The van der Waals surface area contributed by atoms with E-state index in [1.54, 1.807) is 55.5 Å². The molecule has 3 atom stereocenters. The van der Waals surface area contributed by atoms with E-state index in [2.05, 4.69) is 5.32 Å². The highest BCUT2D eigenvalue weighted by Crippen LogP contribution is 2.41. The van der Waals surface area contributed by atoms with Crippen LogP contribution in [0.2, 0.25) is 0 Å². The molecule has 1 aliphatic heterocycles. The normalized spacial score (nSPS) is 18.5. The first-order valence-corrected chi connectivity index (χ1v) is 11.9. The molecule has 0 aliphatic carbocycles. The molecule has 0 saturated carbocycles. The van der Waals surface area contributed by atoms with Gasteiger partial charge in [0.1, 0.15) is 11.5 Å². The SMILES string of the molecule is CCC[C@H](C)NC(=O)COC(=O)[C@@H]1CCC(=O)N(c2ccc(OC)cc2)[C@H]1c1ccc(OC)cc1. The number of amides is 2. The molecule has 0 aromatic heterocycles. The van der Waals surface area contributed by atoms with Crippen molar-refractivity contribution in [1.82, 2.24) is 5.32 Å². The number of carbonyl (C=O) groups is 3. The Kier molecular flexibility index (Phi) is 9.11. The maximum absolute atomic E-state index is 13.2. The molecule has 2 amide bonds. The minimum absolute atomic E-state index is 0.0103. The number of hydrogen-bond acceptors (Lipinski definition) is 6. The van der Waals surface area contributed by atoms with Gasteiger partial charge in [-0.1, -0.05) is 25.5 Å². The van der Waals surface area contributed by atoms with Crippen molar-refractivity contribution in [2.75, 3.05) is 25.7 Å². The second-order valence-electron chi connectivity index (χ2n) is 8.69. The first kappa shape index (κ1) is 26.1. The van der Waals surface area contributed by atoms with E-state index in [-0.39, 0.29) is 30.9 Å². The molecule has 1 saturated heterocycles. The van der Waals surface area contributed by atoms with E-state index in [0.29, 0.717) is 23.6 Å². The van der Waals surface area contributed by atoms with Gasteiger partial charge >= 0.3 is 5.97 Å². The van der Waals surface area contributed by atoms with Gasteiger partial charge in [-0.3, -0.25) is 14.4 Å². The van der Waals surface area contributed by atoms with Gasteiger partial charge in [-0.05, 0) is 61.7 Å². The van der Waals surface area contributed by atoms with Gasteiger partial charge in [-0.15, -0.1) is 0 Å². The topological polar surface area (TPSA) is 94.2 Å². The van der Waals surface area contributed by atoms with Crippen molar-refractivity contribution in [2.24, 2.45) is 5.92 Å². The first-order chi connectivity index (χ1) is 16.9. The van der Waals surface area contributed by atoms with Crippen LogP contribution in [0.1, 0.15) is 51.1 Å². The number of benzene rings is 2. The Hall–Kier alpha value is -3.55. The van der Waals surface area contributed by atoms with Crippen molar-refractivity contribution in [3.05, 3.63) is 54.1 Å². The molecule has 8 nitrogen and oxygen atoms in total. The van der Waals surface area contributed by atoms with Crippen molar-refractivity contribution < 1.29 is 28.6 Å². The van der Waals surface area contributed by atoms with E-state index in [1.165, 1.54) is 0 Å². The fourth-order valence-electron chi connectivity index (χ4n) is 4.43. The van der Waals surface area contributed by atoms with Gasteiger partial charge in [0, 0.05) is 18.2 Å². The largest absolute Gasteiger partial charge is 0.497 e. The second kappa shape index (κ2) is 12.2. The summed E-state index contributed by atoms with van der Waals surface area (Å²) in [4.78, 5) is 40.2. The number of esters is 1. The number of anilines is 1. The van der Waals surface area contributed by atoms with E-state index in [0.717, 1.165) is 18.4 Å². The zero-order valence-electron chi connectivity index (χ0n) is 20.8. The summed E-state index contributed by atoms with van der Waals surface area (Å²) in [6.45, 7) is 3.61. The van der Waals surface area contributed by atoms with Gasteiger partial charge in [0.2, 0.25) is 5.91 Å². The zero-order valence-corrected chi connectivity index (χ0v) is 20.8. The van der Waals surface area contributed by atoms with Crippen LogP contribution in [0.4, 0.5) is 5.69 Å². The van der Waals surface area contributed by atoms with E-state index >= 15 is 0 Å². The highest BCUT2D eigenvalue weighted by atomic mass is 16.5. The Morgan fingerprint density at radius 1 is 1.03 bits per heavy atom. The molecule has 2 aromatic rings. The van der Waals surface area contributed by atoms with E-state index < -0.39 is 17.9 Å². The number of piperidine rings is 1. The van der Waals surface area contributed by atoms with Crippen molar-refractivity contribution in [2.45, 2.75) is 51.6 Å². The Morgan fingerprint density at radius 2 is 1.63 bits per heavy atom. The first-order valence-electron chi connectivity index (χ1n) is 11.9. The summed E-state index contributed by atoms with van der Waals surface area (Å²) in [5.41, 5.74) is 1.43. The van der Waals surface area contributed by atoms with Crippen molar-refractivity contribution >= 4 is 23.5 Å². The average molecular weight is 483 g/mol. The van der Waals surface area contributed by atoms with Crippen molar-refractivity contribution in [3.63, 3.8) is 0 Å². The fraction of sp³-hybridized carbons (Fsp3) is 0.444. The molecule has 1 heterocycles. The zero-order chi connectivity index (χ0) is 25.4. The second-order valence-corrected chi connectivity index (χ2v) is 8.69. The molecule has 3 rings (SSSR count). The summed E-state index contributed by atoms with van der Waals surface area (Å²) in [7, 11) is 3.15. The van der Waals surface area contributed by atoms with Crippen LogP contribution in [0, 0.1) is 5.92 Å². The van der Waals surface area contributed by atoms with Crippen LogP contribution in [0.25, 0.3) is 0 Å². The lowest BCUT2D eigenvalue weighted by molar-refractivity contribution is -0.154. The summed E-state index contributed by atoms with van der Waals surface area (Å²) in [6, 6.07) is 13.8. The number of carbonyl (C=O) groups excluding carboxylic acids is 3. The third-order valence-electron chi connectivity index (χ3n) is 6.18. The lowest BCUT2D eigenvalue weighted by Gasteiger charge is -2.40. The van der Waals surface area contributed by atoms with E-state index in [1.807, 2.05) is 26.0 Å². The lowest BCUT2D eigenvalue weighted by Crippen LogP contribution is -2.46. The Labute approximate surface area is 206 Å².